The number of thiazole rings is 1. The van der Waals surface area contributed by atoms with E-state index < -0.39 is 44.2 Å². The lowest BCUT2D eigenvalue weighted by molar-refractivity contribution is -0.142. The molecule has 8 rings (SSSR count). The Morgan fingerprint density at radius 2 is 1.90 bits per heavy atom. The number of aromatic nitrogens is 3. The van der Waals surface area contributed by atoms with Crippen LogP contribution < -0.4 is 14.2 Å². The lowest BCUT2D eigenvalue weighted by Gasteiger charge is -2.29. The first-order chi connectivity index (χ1) is 28.7. The summed E-state index contributed by atoms with van der Waals surface area (Å²) in [7, 11) is -2.31. The van der Waals surface area contributed by atoms with Crippen LogP contribution in [-0.2, 0) is 30.8 Å². The van der Waals surface area contributed by atoms with E-state index in [4.69, 9.17) is 19.4 Å². The van der Waals surface area contributed by atoms with Crippen molar-refractivity contribution in [3.05, 3.63) is 77.1 Å². The minimum Gasteiger partial charge on any atom is -0.496 e. The van der Waals surface area contributed by atoms with Gasteiger partial charge in [0.05, 0.1) is 41.1 Å². The summed E-state index contributed by atoms with van der Waals surface area (Å²) < 4.78 is 40.6. The lowest BCUT2D eigenvalue weighted by Crippen LogP contribution is -2.47. The minimum atomic E-state index is -3.93. The Labute approximate surface area is 356 Å². The van der Waals surface area contributed by atoms with E-state index in [1.807, 2.05) is 54.8 Å². The molecule has 3 aromatic heterocycles. The van der Waals surface area contributed by atoms with E-state index in [0.29, 0.717) is 54.8 Å². The van der Waals surface area contributed by atoms with Gasteiger partial charge in [-0.05, 0) is 88.5 Å². The van der Waals surface area contributed by atoms with Crippen molar-refractivity contribution in [2.75, 3.05) is 13.7 Å². The number of ketones is 1. The highest BCUT2D eigenvalue weighted by molar-refractivity contribution is 7.91. The lowest BCUT2D eigenvalue weighted by atomic mass is 9.90. The van der Waals surface area contributed by atoms with Crippen molar-refractivity contribution in [1.82, 2.24) is 24.6 Å². The fourth-order valence-corrected chi connectivity index (χ4v) is 11.1. The molecule has 318 valence electrons. The number of benzene rings is 1. The molecule has 60 heavy (non-hydrogen) atoms. The van der Waals surface area contributed by atoms with Crippen LogP contribution in [0.15, 0.2) is 60.1 Å². The number of carbonyl (C=O) groups is 3. The Bertz CT molecular complexity index is 2430. The van der Waals surface area contributed by atoms with Crippen LogP contribution in [0.3, 0.4) is 0 Å². The summed E-state index contributed by atoms with van der Waals surface area (Å²) in [5, 5.41) is 3.56. The third-order valence-electron chi connectivity index (χ3n) is 13.1. The molecule has 14 heteroatoms. The first-order valence-corrected chi connectivity index (χ1v) is 23.7. The molecule has 0 unspecified atom stereocenters. The van der Waals surface area contributed by atoms with Crippen molar-refractivity contribution in [3.63, 3.8) is 0 Å². The molecule has 0 bridgehead atoms. The van der Waals surface area contributed by atoms with Crippen molar-refractivity contribution in [1.29, 1.82) is 0 Å². The van der Waals surface area contributed by atoms with Gasteiger partial charge in [-0.3, -0.25) is 24.1 Å². The van der Waals surface area contributed by atoms with E-state index in [0.717, 1.165) is 53.0 Å². The summed E-state index contributed by atoms with van der Waals surface area (Å²) in [6, 6.07) is 10.5. The average molecular weight is 854 g/mol. The maximum absolute atomic E-state index is 14.9. The molecule has 5 atom stereocenters. The zero-order chi connectivity index (χ0) is 42.4. The number of fused-ring (bicyclic) bond motifs is 3. The van der Waals surface area contributed by atoms with Gasteiger partial charge in [0.1, 0.15) is 28.3 Å². The van der Waals surface area contributed by atoms with Gasteiger partial charge >= 0.3 is 0 Å². The van der Waals surface area contributed by atoms with Crippen LogP contribution in [0.5, 0.6) is 11.5 Å². The van der Waals surface area contributed by atoms with E-state index in [-0.39, 0.29) is 42.9 Å². The number of carbonyl (C=O) groups excluding carboxylic acids is 3. The molecular weight excluding hydrogens is 799 g/mol. The first kappa shape index (κ1) is 42.0. The third-order valence-corrected chi connectivity index (χ3v) is 16.2. The first-order valence-electron chi connectivity index (χ1n) is 21.3. The van der Waals surface area contributed by atoms with Crippen LogP contribution in [0.2, 0.25) is 0 Å². The Kier molecular flexibility index (Phi) is 11.7. The fraction of sp³-hybridized carbons (Fsp3) is 0.522. The molecule has 2 aliphatic carbocycles. The van der Waals surface area contributed by atoms with Crippen molar-refractivity contribution in [3.8, 4) is 22.2 Å². The Balaban J connectivity index is 1.15. The summed E-state index contributed by atoms with van der Waals surface area (Å²) in [6.07, 6.45) is 11.1. The quantitative estimate of drug-likeness (QED) is 0.156. The maximum Gasteiger partial charge on any atom is 0.240 e. The van der Waals surface area contributed by atoms with Crippen molar-refractivity contribution < 1.29 is 32.3 Å². The second-order valence-electron chi connectivity index (χ2n) is 17.8. The molecule has 1 saturated heterocycles. The molecule has 2 saturated carbocycles. The van der Waals surface area contributed by atoms with E-state index in [1.165, 1.54) is 11.3 Å². The van der Waals surface area contributed by atoms with Crippen LogP contribution in [0.1, 0.15) is 108 Å². The standard InChI is InChI=1S/C46H55N5O7S2/c1-28(2)36-27-59-42(49-36)35-23-40(34-16-17-39(57-5)29(3)41(34)48-35)58-33-22-37-38(52)25-46(44(54)50-60(55,56)45(4)18-19-45)24-31(46)14-10-8-6-7-9-13-30(43(53)51(37)26-33)21-32-15-11-12-20-47-32/h10-12,14-17,20,23,27-28,30-31,33,37H,6-9,13,18-19,21-22,24-26H2,1-5H3,(H,50,54)/b14-10-/t30-,31+,33-,37+,46-/m1/s1. The van der Waals surface area contributed by atoms with Gasteiger partial charge in [-0.1, -0.05) is 44.9 Å². The number of pyridine rings is 2. The highest BCUT2D eigenvalue weighted by atomic mass is 32.2. The minimum absolute atomic E-state index is 0.141. The highest BCUT2D eigenvalue weighted by Gasteiger charge is 2.62. The van der Waals surface area contributed by atoms with E-state index in [9.17, 15) is 22.8 Å². The second kappa shape index (κ2) is 16.6. The molecule has 5 heterocycles. The fourth-order valence-electron chi connectivity index (χ4n) is 8.85. The monoisotopic (exact) mass is 853 g/mol. The van der Waals surface area contributed by atoms with Gasteiger partial charge in [-0.2, -0.15) is 0 Å². The molecule has 2 aliphatic heterocycles. The van der Waals surface area contributed by atoms with Gasteiger partial charge in [0.25, 0.3) is 0 Å². The number of hydrogen-bond acceptors (Lipinski definition) is 11. The SMILES string of the molecule is COc1ccc2c(O[C@@H]3C[C@H]4C(=O)C[C@]5(C(=O)NS(=O)(=O)C6(C)CC6)C[C@@H]5/C=C\CCCCC[C@H](Cc5ccccn5)C(=O)N4C3)cc(-c3nc(C(C)C)cs3)nc2c1C. The third kappa shape index (κ3) is 8.33. The molecule has 4 aromatic rings. The zero-order valence-corrected chi connectivity index (χ0v) is 36.7. The Morgan fingerprint density at radius 1 is 1.08 bits per heavy atom. The molecular formula is C46H55N5O7S2. The van der Waals surface area contributed by atoms with E-state index >= 15 is 0 Å². The molecule has 1 aromatic carbocycles. The smallest absolute Gasteiger partial charge is 0.240 e. The van der Waals surface area contributed by atoms with E-state index in [2.05, 4.69) is 29.6 Å². The number of nitrogens with one attached hydrogen (secondary N) is 1. The zero-order valence-electron chi connectivity index (χ0n) is 35.1. The number of methoxy groups -OCH3 is 1. The Morgan fingerprint density at radius 3 is 2.62 bits per heavy atom. The number of hydrogen-bond donors (Lipinski definition) is 1. The van der Waals surface area contributed by atoms with Crippen molar-refractivity contribution in [2.45, 2.75) is 121 Å². The highest BCUT2D eigenvalue weighted by Crippen LogP contribution is 2.58. The summed E-state index contributed by atoms with van der Waals surface area (Å²) in [4.78, 5) is 60.0. The van der Waals surface area contributed by atoms with Gasteiger partial charge in [-0.15, -0.1) is 11.3 Å². The number of nitrogens with zero attached hydrogens (tertiary/aromatic N) is 4. The van der Waals surface area contributed by atoms with Crippen LogP contribution in [-0.4, -0.2) is 76.4 Å². The Hall–Kier alpha value is -4.69. The number of Topliss-reactive ketones (excluding diaryl/α,β-unsaturated/α-hetero) is 1. The predicted molar refractivity (Wildman–Crippen MR) is 231 cm³/mol. The molecule has 1 N–H and O–H groups in total. The topological polar surface area (TPSA) is 158 Å². The number of sulfonamides is 1. The number of allylic oxidation sites excluding steroid dienone is 2. The maximum atomic E-state index is 14.9. The number of aryl methyl sites for hydroxylation is 1. The van der Waals surface area contributed by atoms with Crippen LogP contribution >= 0.6 is 11.3 Å². The normalized spacial score (nSPS) is 26.1. The van der Waals surface area contributed by atoms with Gasteiger partial charge < -0.3 is 14.4 Å². The molecule has 2 amide bonds. The van der Waals surface area contributed by atoms with Gasteiger partial charge in [0.15, 0.2) is 5.78 Å². The summed E-state index contributed by atoms with van der Waals surface area (Å²) in [5.41, 5.74) is 2.75. The summed E-state index contributed by atoms with van der Waals surface area (Å²) in [6.45, 7) is 7.95. The van der Waals surface area contributed by atoms with Gasteiger partial charge in [0.2, 0.25) is 21.8 Å². The molecule has 3 fully saturated rings. The average Bonchev–Trinajstić information content (AvgIpc) is 4.00. The van der Waals surface area contributed by atoms with Gasteiger partial charge in [0, 0.05) is 59.5 Å². The molecule has 12 nitrogen and oxygen atoms in total. The molecule has 0 radical (unpaired) electrons. The van der Waals surface area contributed by atoms with Crippen LogP contribution in [0.4, 0.5) is 0 Å². The molecule has 4 aliphatic rings. The molecule has 0 spiro atoms. The number of rotatable bonds is 10. The van der Waals surface area contributed by atoms with E-state index in [1.54, 1.807) is 25.1 Å². The van der Waals surface area contributed by atoms with Crippen molar-refractivity contribution >= 4 is 49.9 Å². The number of ether oxygens (including phenoxy) is 2. The second-order valence-corrected chi connectivity index (χ2v) is 20.8. The summed E-state index contributed by atoms with van der Waals surface area (Å²) >= 11 is 1.52. The largest absolute Gasteiger partial charge is 0.496 e. The van der Waals surface area contributed by atoms with Gasteiger partial charge in [-0.25, -0.2) is 18.4 Å². The number of amides is 2. The predicted octanol–water partition coefficient (Wildman–Crippen LogP) is 7.89. The van der Waals surface area contributed by atoms with Crippen LogP contribution in [0.25, 0.3) is 21.6 Å². The van der Waals surface area contributed by atoms with Crippen molar-refractivity contribution in [2.24, 2.45) is 17.3 Å². The van der Waals surface area contributed by atoms with Crippen LogP contribution in [0, 0.1) is 24.2 Å². The summed E-state index contributed by atoms with van der Waals surface area (Å²) in [5.74, 6) is -0.268.